The quantitative estimate of drug-likeness (QED) is 0.514. The van der Waals surface area contributed by atoms with E-state index in [1.54, 1.807) is 38.1 Å². The molecule has 0 aliphatic carbocycles. The lowest BCUT2D eigenvalue weighted by Crippen LogP contribution is -2.50. The molecule has 0 heterocycles. The molecule has 0 aromatic heterocycles. The van der Waals surface area contributed by atoms with Crippen molar-refractivity contribution < 1.29 is 32.3 Å². The van der Waals surface area contributed by atoms with Crippen molar-refractivity contribution in [2.75, 3.05) is 32.2 Å². The molecular weight excluding hydrogens is 412 g/mol. The van der Waals surface area contributed by atoms with Gasteiger partial charge in [-0.2, -0.15) is 0 Å². The third-order valence-electron chi connectivity index (χ3n) is 4.37. The van der Waals surface area contributed by atoms with E-state index in [0.29, 0.717) is 0 Å². The highest BCUT2D eigenvalue weighted by Gasteiger charge is 2.29. The molecule has 0 aliphatic rings. The molecule has 2 amide bonds. The molecule has 0 radical (unpaired) electrons. The fraction of sp³-hybridized carbons (Fsp3) is 0.550. The van der Waals surface area contributed by atoms with Gasteiger partial charge < -0.3 is 19.7 Å². The number of alkyl carbamates (subject to hydrolysis) is 1. The molecule has 9 nitrogen and oxygen atoms in total. The van der Waals surface area contributed by atoms with Crippen molar-refractivity contribution in [1.82, 2.24) is 10.2 Å². The molecule has 1 aromatic rings. The maximum atomic E-state index is 13.0. The van der Waals surface area contributed by atoms with Crippen LogP contribution >= 0.6 is 0 Å². The minimum absolute atomic E-state index is 0.0104. The Hall–Kier alpha value is -2.62. The first-order chi connectivity index (χ1) is 14.1. The summed E-state index contributed by atoms with van der Waals surface area (Å²) < 4.78 is 33.0. The molecule has 10 heteroatoms. The molecule has 1 N–H and O–H groups in total. The van der Waals surface area contributed by atoms with Gasteiger partial charge in [0.2, 0.25) is 5.91 Å². The number of sulfone groups is 1. The second-order valence-corrected chi connectivity index (χ2v) is 9.24. The van der Waals surface area contributed by atoms with Crippen LogP contribution in [0.5, 0.6) is 0 Å². The van der Waals surface area contributed by atoms with E-state index in [2.05, 4.69) is 10.1 Å². The van der Waals surface area contributed by atoms with Crippen LogP contribution in [0.1, 0.15) is 25.8 Å². The summed E-state index contributed by atoms with van der Waals surface area (Å²) in [5.74, 6) is -1.82. The molecule has 0 fully saturated rings. The van der Waals surface area contributed by atoms with Gasteiger partial charge in [0.05, 0.1) is 18.8 Å². The van der Waals surface area contributed by atoms with Gasteiger partial charge in [-0.3, -0.25) is 9.59 Å². The third kappa shape index (κ3) is 9.25. The van der Waals surface area contributed by atoms with Gasteiger partial charge in [-0.25, -0.2) is 13.2 Å². The van der Waals surface area contributed by atoms with Crippen LogP contribution in [0.25, 0.3) is 0 Å². The van der Waals surface area contributed by atoms with Crippen LogP contribution in [0, 0.1) is 5.92 Å². The molecule has 2 unspecified atom stereocenters. The van der Waals surface area contributed by atoms with Gasteiger partial charge >= 0.3 is 12.1 Å². The van der Waals surface area contributed by atoms with Crippen LogP contribution in [-0.2, 0) is 35.5 Å². The van der Waals surface area contributed by atoms with Crippen molar-refractivity contribution >= 4 is 27.8 Å². The number of carbonyl (C=O) groups is 3. The lowest BCUT2D eigenvalue weighted by Gasteiger charge is -2.28. The van der Waals surface area contributed by atoms with E-state index >= 15 is 0 Å². The highest BCUT2D eigenvalue weighted by Crippen LogP contribution is 2.09. The van der Waals surface area contributed by atoms with Crippen molar-refractivity contribution in [2.45, 2.75) is 32.9 Å². The lowest BCUT2D eigenvalue weighted by molar-refractivity contribution is -0.146. The summed E-state index contributed by atoms with van der Waals surface area (Å²) in [4.78, 5) is 38.2. The highest BCUT2D eigenvalue weighted by atomic mass is 32.2. The highest BCUT2D eigenvalue weighted by molar-refractivity contribution is 7.90. The normalized spacial score (nSPS) is 13.1. The average Bonchev–Trinajstić information content (AvgIpc) is 2.72. The van der Waals surface area contributed by atoms with E-state index in [1.165, 1.54) is 12.0 Å². The predicted molar refractivity (Wildman–Crippen MR) is 111 cm³/mol. The Morgan fingerprint density at radius 1 is 1.17 bits per heavy atom. The van der Waals surface area contributed by atoms with Gasteiger partial charge in [0.15, 0.2) is 0 Å². The number of hydrogen-bond acceptors (Lipinski definition) is 7. The zero-order valence-electron chi connectivity index (χ0n) is 17.8. The van der Waals surface area contributed by atoms with Crippen LogP contribution in [0.15, 0.2) is 30.3 Å². The first kappa shape index (κ1) is 25.4. The predicted octanol–water partition coefficient (Wildman–Crippen LogP) is 1.37. The van der Waals surface area contributed by atoms with E-state index in [1.807, 2.05) is 6.07 Å². The average molecular weight is 443 g/mol. The summed E-state index contributed by atoms with van der Waals surface area (Å²) in [6, 6.07) is 7.90. The second-order valence-electron chi connectivity index (χ2n) is 6.98. The van der Waals surface area contributed by atoms with Gasteiger partial charge in [0.25, 0.3) is 0 Å². The van der Waals surface area contributed by atoms with Crippen molar-refractivity contribution in [2.24, 2.45) is 5.92 Å². The molecule has 1 rings (SSSR count). The van der Waals surface area contributed by atoms with Crippen LogP contribution < -0.4 is 5.32 Å². The Bertz CT molecular complexity index is 812. The number of hydrogen-bond donors (Lipinski definition) is 1. The third-order valence-corrected chi connectivity index (χ3v) is 5.35. The maximum Gasteiger partial charge on any atom is 0.408 e. The Labute approximate surface area is 177 Å². The van der Waals surface area contributed by atoms with Crippen molar-refractivity contribution in [3.63, 3.8) is 0 Å². The summed E-state index contributed by atoms with van der Waals surface area (Å²) in [7, 11) is -2.09. The fourth-order valence-electron chi connectivity index (χ4n) is 2.70. The molecule has 168 valence electrons. The summed E-state index contributed by atoms with van der Waals surface area (Å²) in [6.45, 7) is 3.71. The smallest absolute Gasteiger partial charge is 0.408 e. The Morgan fingerprint density at radius 3 is 2.33 bits per heavy atom. The number of likely N-dealkylation sites (N-methyl/N-ethyl adjacent to an activating group) is 1. The molecule has 0 saturated heterocycles. The van der Waals surface area contributed by atoms with Gasteiger partial charge in [-0.15, -0.1) is 0 Å². The molecule has 0 bridgehead atoms. The van der Waals surface area contributed by atoms with Crippen molar-refractivity contribution in [1.29, 1.82) is 0 Å². The van der Waals surface area contributed by atoms with E-state index in [4.69, 9.17) is 4.74 Å². The van der Waals surface area contributed by atoms with E-state index in [0.717, 1.165) is 11.8 Å². The zero-order chi connectivity index (χ0) is 22.7. The first-order valence-electron chi connectivity index (χ1n) is 9.59. The fourth-order valence-corrected chi connectivity index (χ4v) is 3.36. The van der Waals surface area contributed by atoms with Crippen LogP contribution in [0.3, 0.4) is 0 Å². The number of esters is 1. The summed E-state index contributed by atoms with van der Waals surface area (Å²) >= 11 is 0. The molecule has 0 aliphatic heterocycles. The van der Waals surface area contributed by atoms with Crippen molar-refractivity contribution in [3.05, 3.63) is 35.9 Å². The number of benzene rings is 1. The molecular formula is C20H30N2O7S. The summed E-state index contributed by atoms with van der Waals surface area (Å²) in [5, 5.41) is 2.46. The standard InChI is InChI=1S/C20H30N2O7S/c1-5-22(13-15(2)19(24)28-3)18(23)17(11-12-30(4,26)27)21-20(25)29-14-16-9-7-6-8-10-16/h6-10,15,17H,5,11-14H2,1-4H3,(H,21,25). The summed E-state index contributed by atoms with van der Waals surface area (Å²) in [5.41, 5.74) is 0.772. The molecule has 0 saturated carbocycles. The molecule has 1 aromatic carbocycles. The second kappa shape index (κ2) is 12.2. The zero-order valence-corrected chi connectivity index (χ0v) is 18.6. The Morgan fingerprint density at radius 2 is 1.80 bits per heavy atom. The van der Waals surface area contributed by atoms with Gasteiger partial charge in [-0.1, -0.05) is 37.3 Å². The Balaban J connectivity index is 2.84. The lowest BCUT2D eigenvalue weighted by atomic mass is 10.1. The van der Waals surface area contributed by atoms with Crippen molar-refractivity contribution in [3.8, 4) is 0 Å². The number of amides is 2. The SMILES string of the molecule is CCN(CC(C)C(=O)OC)C(=O)C(CCS(C)(=O)=O)NC(=O)OCc1ccccc1. The topological polar surface area (TPSA) is 119 Å². The molecule has 30 heavy (non-hydrogen) atoms. The number of rotatable bonds is 11. The molecule has 0 spiro atoms. The van der Waals surface area contributed by atoms with E-state index in [9.17, 15) is 22.8 Å². The monoisotopic (exact) mass is 442 g/mol. The number of methoxy groups -OCH3 is 1. The maximum absolute atomic E-state index is 13.0. The van der Waals surface area contributed by atoms with Crippen LogP contribution in [0.2, 0.25) is 0 Å². The number of nitrogens with zero attached hydrogens (tertiary/aromatic N) is 1. The first-order valence-corrected chi connectivity index (χ1v) is 11.6. The minimum atomic E-state index is -3.35. The number of ether oxygens (including phenoxy) is 2. The Kier molecular flexibility index (Phi) is 10.3. The number of carbonyl (C=O) groups excluding carboxylic acids is 3. The van der Waals surface area contributed by atoms with Crippen LogP contribution in [-0.4, -0.2) is 69.5 Å². The largest absolute Gasteiger partial charge is 0.469 e. The van der Waals surface area contributed by atoms with Crippen LogP contribution in [0.4, 0.5) is 4.79 Å². The number of nitrogens with one attached hydrogen (secondary N) is 1. The van der Waals surface area contributed by atoms with Gasteiger partial charge in [-0.05, 0) is 18.9 Å². The molecule has 2 atom stereocenters. The minimum Gasteiger partial charge on any atom is -0.469 e. The van der Waals surface area contributed by atoms with Gasteiger partial charge in [0, 0.05) is 19.3 Å². The summed E-state index contributed by atoms with van der Waals surface area (Å²) in [6.07, 6.45) is 0.114. The van der Waals surface area contributed by atoms with Gasteiger partial charge in [0.1, 0.15) is 22.5 Å². The van der Waals surface area contributed by atoms with E-state index in [-0.39, 0.29) is 31.9 Å². The van der Waals surface area contributed by atoms with E-state index < -0.39 is 39.8 Å².